The molecule has 3 atom stereocenters. The number of aliphatic hydroxyl groups is 1. The maximum Gasteiger partial charge on any atom is 0.326 e. The smallest absolute Gasteiger partial charge is 0.326 e. The van der Waals surface area contributed by atoms with Gasteiger partial charge in [0.25, 0.3) is 0 Å². The molecule has 0 radical (unpaired) electrons. The SMILES string of the molecule is CC1CCC(C)N(C(=O)NC(CCO)C(=O)O)C1. The molecule has 0 bridgehead atoms. The van der Waals surface area contributed by atoms with Gasteiger partial charge in [-0.05, 0) is 25.7 Å². The van der Waals surface area contributed by atoms with E-state index in [1.165, 1.54) is 0 Å². The van der Waals surface area contributed by atoms with Gasteiger partial charge in [0.2, 0.25) is 0 Å². The summed E-state index contributed by atoms with van der Waals surface area (Å²) in [5.74, 6) is -0.678. The maximum absolute atomic E-state index is 12.0. The van der Waals surface area contributed by atoms with Crippen LogP contribution in [0.15, 0.2) is 0 Å². The summed E-state index contributed by atoms with van der Waals surface area (Å²) in [5.41, 5.74) is 0. The number of aliphatic hydroxyl groups excluding tert-OH is 1. The van der Waals surface area contributed by atoms with Gasteiger partial charge in [0.1, 0.15) is 6.04 Å². The molecule has 104 valence electrons. The summed E-state index contributed by atoms with van der Waals surface area (Å²) in [7, 11) is 0. The van der Waals surface area contributed by atoms with Gasteiger partial charge in [-0.15, -0.1) is 0 Å². The number of nitrogens with one attached hydrogen (secondary N) is 1. The standard InChI is InChI=1S/C12H22N2O4/c1-8-3-4-9(2)14(7-8)12(18)13-10(5-6-15)11(16)17/h8-10,15H,3-7H2,1-2H3,(H,13,18)(H,16,17). The monoisotopic (exact) mass is 258 g/mol. The summed E-state index contributed by atoms with van der Waals surface area (Å²) < 4.78 is 0. The molecule has 6 nitrogen and oxygen atoms in total. The Kier molecular flexibility index (Phi) is 5.40. The normalized spacial score (nSPS) is 25.6. The van der Waals surface area contributed by atoms with E-state index in [0.717, 1.165) is 12.8 Å². The minimum absolute atomic E-state index is 0.0266. The van der Waals surface area contributed by atoms with E-state index in [1.54, 1.807) is 4.90 Å². The predicted molar refractivity (Wildman–Crippen MR) is 66.2 cm³/mol. The average molecular weight is 258 g/mol. The highest BCUT2D eigenvalue weighted by Crippen LogP contribution is 2.21. The van der Waals surface area contributed by atoms with Gasteiger partial charge in [-0.1, -0.05) is 6.92 Å². The summed E-state index contributed by atoms with van der Waals surface area (Å²) in [4.78, 5) is 24.6. The van der Waals surface area contributed by atoms with Crippen LogP contribution >= 0.6 is 0 Å². The summed E-state index contributed by atoms with van der Waals surface area (Å²) in [6.45, 7) is 4.43. The van der Waals surface area contributed by atoms with Crippen molar-refractivity contribution in [2.75, 3.05) is 13.2 Å². The van der Waals surface area contributed by atoms with E-state index in [0.29, 0.717) is 12.5 Å². The van der Waals surface area contributed by atoms with Crippen LogP contribution in [0, 0.1) is 5.92 Å². The minimum atomic E-state index is -1.12. The zero-order valence-electron chi connectivity index (χ0n) is 10.9. The number of hydrogen-bond donors (Lipinski definition) is 3. The molecule has 0 saturated carbocycles. The molecule has 1 rings (SSSR count). The van der Waals surface area contributed by atoms with Gasteiger partial charge in [-0.25, -0.2) is 9.59 Å². The topological polar surface area (TPSA) is 89.9 Å². The highest BCUT2D eigenvalue weighted by atomic mass is 16.4. The molecule has 1 heterocycles. The molecule has 0 aromatic rings. The van der Waals surface area contributed by atoms with Gasteiger partial charge < -0.3 is 20.4 Å². The second-order valence-corrected chi connectivity index (χ2v) is 5.04. The molecule has 1 fully saturated rings. The predicted octanol–water partition coefficient (Wildman–Crippen LogP) is 0.652. The van der Waals surface area contributed by atoms with Gasteiger partial charge in [-0.2, -0.15) is 0 Å². The first-order chi connectivity index (χ1) is 8.45. The minimum Gasteiger partial charge on any atom is -0.480 e. The third-order valence-corrected chi connectivity index (χ3v) is 3.39. The number of urea groups is 1. The highest BCUT2D eigenvalue weighted by molar-refractivity contribution is 5.82. The molecule has 0 aromatic carbocycles. The molecule has 3 N–H and O–H groups in total. The fourth-order valence-electron chi connectivity index (χ4n) is 2.19. The van der Waals surface area contributed by atoms with Gasteiger partial charge in [-0.3, -0.25) is 0 Å². The summed E-state index contributed by atoms with van der Waals surface area (Å²) in [6, 6.07) is -1.24. The summed E-state index contributed by atoms with van der Waals surface area (Å²) in [6.07, 6.45) is 2.05. The fraction of sp³-hybridized carbons (Fsp3) is 0.833. The van der Waals surface area contributed by atoms with Crippen molar-refractivity contribution in [2.24, 2.45) is 5.92 Å². The number of aliphatic carboxylic acids is 1. The van der Waals surface area contributed by atoms with E-state index in [9.17, 15) is 9.59 Å². The lowest BCUT2D eigenvalue weighted by atomic mass is 9.95. The number of carbonyl (C=O) groups excluding carboxylic acids is 1. The molecule has 0 aromatic heterocycles. The molecule has 1 saturated heterocycles. The Morgan fingerprint density at radius 1 is 1.39 bits per heavy atom. The van der Waals surface area contributed by atoms with Crippen molar-refractivity contribution < 1.29 is 19.8 Å². The number of hydrogen-bond acceptors (Lipinski definition) is 3. The zero-order chi connectivity index (χ0) is 13.7. The first-order valence-corrected chi connectivity index (χ1v) is 6.36. The molecule has 0 aliphatic carbocycles. The highest BCUT2D eigenvalue weighted by Gasteiger charge is 2.29. The van der Waals surface area contributed by atoms with Gasteiger partial charge >= 0.3 is 12.0 Å². The van der Waals surface area contributed by atoms with Crippen LogP contribution in [0.5, 0.6) is 0 Å². The van der Waals surface area contributed by atoms with Crippen molar-refractivity contribution in [2.45, 2.75) is 45.2 Å². The van der Waals surface area contributed by atoms with Gasteiger partial charge in [0.15, 0.2) is 0 Å². The molecule has 18 heavy (non-hydrogen) atoms. The molecular formula is C12H22N2O4. The Morgan fingerprint density at radius 3 is 2.61 bits per heavy atom. The van der Waals surface area contributed by atoms with Crippen molar-refractivity contribution in [3.05, 3.63) is 0 Å². The van der Waals surface area contributed by atoms with E-state index >= 15 is 0 Å². The van der Waals surface area contributed by atoms with Crippen molar-refractivity contribution in [3.8, 4) is 0 Å². The van der Waals surface area contributed by atoms with Crippen LogP contribution in [0.25, 0.3) is 0 Å². The summed E-state index contributed by atoms with van der Waals surface area (Å²) in [5, 5.41) is 20.2. The quantitative estimate of drug-likeness (QED) is 0.690. The van der Waals surface area contributed by atoms with Crippen LogP contribution in [0.4, 0.5) is 4.79 Å². The van der Waals surface area contributed by atoms with Crippen LogP contribution in [0.1, 0.15) is 33.1 Å². The van der Waals surface area contributed by atoms with Crippen molar-refractivity contribution in [1.29, 1.82) is 0 Å². The first-order valence-electron chi connectivity index (χ1n) is 6.36. The third kappa shape index (κ3) is 3.87. The number of carbonyl (C=O) groups is 2. The van der Waals surface area contributed by atoms with Gasteiger partial charge in [0, 0.05) is 25.6 Å². The first kappa shape index (κ1) is 14.8. The average Bonchev–Trinajstić information content (AvgIpc) is 2.31. The van der Waals surface area contributed by atoms with Crippen molar-refractivity contribution in [1.82, 2.24) is 10.2 Å². The number of carboxylic acids is 1. The van der Waals surface area contributed by atoms with E-state index in [1.807, 2.05) is 6.92 Å². The summed E-state index contributed by atoms with van der Waals surface area (Å²) >= 11 is 0. The van der Waals surface area contributed by atoms with E-state index in [4.69, 9.17) is 10.2 Å². The van der Waals surface area contributed by atoms with Gasteiger partial charge in [0.05, 0.1) is 0 Å². The number of likely N-dealkylation sites (tertiary alicyclic amines) is 1. The Morgan fingerprint density at radius 2 is 2.06 bits per heavy atom. The number of rotatable bonds is 4. The Hall–Kier alpha value is -1.30. The van der Waals surface area contributed by atoms with Crippen LogP contribution in [-0.2, 0) is 4.79 Å². The maximum atomic E-state index is 12.0. The van der Waals surface area contributed by atoms with Crippen LogP contribution in [0.2, 0.25) is 0 Å². The largest absolute Gasteiger partial charge is 0.480 e. The Balaban J connectivity index is 2.59. The second-order valence-electron chi connectivity index (χ2n) is 5.04. The lowest BCUT2D eigenvalue weighted by molar-refractivity contribution is -0.139. The number of piperidine rings is 1. The van der Waals surface area contributed by atoms with E-state index < -0.39 is 12.0 Å². The Labute approximate surface area is 107 Å². The zero-order valence-corrected chi connectivity index (χ0v) is 10.9. The number of amides is 2. The molecule has 0 spiro atoms. The molecule has 1 aliphatic rings. The number of carboxylic acid groups (broad SMARTS) is 1. The molecule has 3 unspecified atom stereocenters. The lowest BCUT2D eigenvalue weighted by Gasteiger charge is -2.37. The van der Waals surface area contributed by atoms with Crippen molar-refractivity contribution in [3.63, 3.8) is 0 Å². The fourth-order valence-corrected chi connectivity index (χ4v) is 2.19. The third-order valence-electron chi connectivity index (χ3n) is 3.39. The Bertz CT molecular complexity index is 308. The van der Waals surface area contributed by atoms with Crippen LogP contribution in [0.3, 0.4) is 0 Å². The molecule has 6 heteroatoms. The lowest BCUT2D eigenvalue weighted by Crippen LogP contribution is -2.53. The number of nitrogens with zero attached hydrogens (tertiary/aromatic N) is 1. The molecule has 1 aliphatic heterocycles. The second kappa shape index (κ2) is 6.58. The molecular weight excluding hydrogens is 236 g/mol. The van der Waals surface area contributed by atoms with Crippen LogP contribution in [-0.4, -0.2) is 52.3 Å². The van der Waals surface area contributed by atoms with E-state index in [-0.39, 0.29) is 25.1 Å². The molecule has 2 amide bonds. The van der Waals surface area contributed by atoms with Crippen molar-refractivity contribution >= 4 is 12.0 Å². The van der Waals surface area contributed by atoms with E-state index in [2.05, 4.69) is 12.2 Å². The van der Waals surface area contributed by atoms with Crippen LogP contribution < -0.4 is 5.32 Å².